The summed E-state index contributed by atoms with van der Waals surface area (Å²) in [5.41, 5.74) is 2.62. The number of aliphatic hydroxyl groups is 2. The largest absolute Gasteiger partial charge is 0.497 e. The molecule has 26 heavy (non-hydrogen) atoms. The molecule has 1 aromatic carbocycles. The zero-order valence-electron chi connectivity index (χ0n) is 15.1. The van der Waals surface area contributed by atoms with E-state index >= 15 is 0 Å². The summed E-state index contributed by atoms with van der Waals surface area (Å²) in [5, 5.41) is 26.3. The van der Waals surface area contributed by atoms with Crippen LogP contribution in [0.1, 0.15) is 18.9 Å². The van der Waals surface area contributed by atoms with E-state index in [1.54, 1.807) is 19.4 Å². The third-order valence-electron chi connectivity index (χ3n) is 4.57. The molecule has 0 saturated carbocycles. The van der Waals surface area contributed by atoms with Crippen molar-refractivity contribution >= 4 is 11.9 Å². The molecule has 3 unspecified atom stereocenters. The van der Waals surface area contributed by atoms with E-state index < -0.39 is 6.29 Å². The Hall–Kier alpha value is -2.22. The van der Waals surface area contributed by atoms with Crippen LogP contribution in [0.3, 0.4) is 0 Å². The Kier molecular flexibility index (Phi) is 6.03. The fourth-order valence-corrected chi connectivity index (χ4v) is 3.34. The van der Waals surface area contributed by atoms with Crippen molar-refractivity contribution in [3.63, 3.8) is 0 Å². The van der Waals surface area contributed by atoms with Crippen LogP contribution in [0.5, 0.6) is 5.75 Å². The first-order valence-electron chi connectivity index (χ1n) is 8.78. The number of fused-ring (bicyclic) bond motifs is 1. The Labute approximate surface area is 153 Å². The molecule has 0 saturated heterocycles. The Balaban J connectivity index is 1.82. The molecule has 2 aliphatic rings. The molecule has 0 fully saturated rings. The van der Waals surface area contributed by atoms with Crippen LogP contribution in [0.2, 0.25) is 0 Å². The number of hydrogen-bond acceptors (Lipinski definition) is 7. The highest BCUT2D eigenvalue weighted by molar-refractivity contribution is 5.93. The quantitative estimate of drug-likeness (QED) is 0.688. The van der Waals surface area contributed by atoms with Gasteiger partial charge in [-0.3, -0.25) is 10.0 Å². The Morgan fingerprint density at radius 1 is 1.27 bits per heavy atom. The second-order valence-corrected chi connectivity index (χ2v) is 6.17. The molecule has 140 valence electrons. The van der Waals surface area contributed by atoms with Crippen LogP contribution in [0, 0.1) is 5.92 Å². The number of hydrazone groups is 1. The second-order valence-electron chi connectivity index (χ2n) is 6.17. The average Bonchev–Trinajstić information content (AvgIpc) is 3.00. The maximum absolute atomic E-state index is 10.3. The highest BCUT2D eigenvalue weighted by Crippen LogP contribution is 2.35. The SMILES string of the molecule is CCOC(O)C1=CC=NC2C1C(CCO)=NN2Cc1ccc(OC)cc1. The van der Waals surface area contributed by atoms with Gasteiger partial charge in [0.2, 0.25) is 0 Å². The Bertz CT molecular complexity index is 699. The number of rotatable bonds is 8. The predicted molar refractivity (Wildman–Crippen MR) is 99.2 cm³/mol. The molecule has 7 heteroatoms. The predicted octanol–water partition coefficient (Wildman–Crippen LogP) is 1.56. The van der Waals surface area contributed by atoms with E-state index in [0.717, 1.165) is 22.6 Å². The highest BCUT2D eigenvalue weighted by Gasteiger charge is 2.42. The van der Waals surface area contributed by atoms with Gasteiger partial charge in [-0.2, -0.15) is 5.10 Å². The van der Waals surface area contributed by atoms with Crippen molar-refractivity contribution in [3.05, 3.63) is 41.5 Å². The van der Waals surface area contributed by atoms with Crippen LogP contribution in [0.15, 0.2) is 46.0 Å². The van der Waals surface area contributed by atoms with Gasteiger partial charge in [0, 0.05) is 25.8 Å². The number of aliphatic imine (C=N–C) groups is 1. The monoisotopic (exact) mass is 359 g/mol. The molecule has 2 aliphatic heterocycles. The minimum Gasteiger partial charge on any atom is -0.497 e. The molecule has 0 aliphatic carbocycles. The van der Waals surface area contributed by atoms with Gasteiger partial charge in [0.25, 0.3) is 0 Å². The fourth-order valence-electron chi connectivity index (χ4n) is 3.34. The molecule has 0 bridgehead atoms. The van der Waals surface area contributed by atoms with Gasteiger partial charge in [0.05, 0.1) is 25.3 Å². The number of ether oxygens (including phenoxy) is 2. The first-order valence-corrected chi connectivity index (χ1v) is 8.78. The molecule has 0 aromatic heterocycles. The van der Waals surface area contributed by atoms with Crippen LogP contribution in [-0.2, 0) is 11.3 Å². The normalized spacial score (nSPS) is 22.7. The van der Waals surface area contributed by atoms with Crippen molar-refractivity contribution in [3.8, 4) is 5.75 Å². The lowest BCUT2D eigenvalue weighted by Crippen LogP contribution is -2.38. The third kappa shape index (κ3) is 3.80. The van der Waals surface area contributed by atoms with E-state index in [1.165, 1.54) is 0 Å². The van der Waals surface area contributed by atoms with Crippen LogP contribution >= 0.6 is 0 Å². The zero-order chi connectivity index (χ0) is 18.5. The molecule has 0 amide bonds. The third-order valence-corrected chi connectivity index (χ3v) is 4.57. The number of benzene rings is 1. The number of methoxy groups -OCH3 is 1. The lowest BCUT2D eigenvalue weighted by Gasteiger charge is -2.30. The van der Waals surface area contributed by atoms with Crippen LogP contribution in [-0.4, -0.2) is 59.9 Å². The summed E-state index contributed by atoms with van der Waals surface area (Å²) in [4.78, 5) is 4.56. The standard InChI is InChI=1S/C19H25N3O4/c1-3-26-19(24)15-8-10-20-18-17(15)16(9-11-23)21-22(18)12-13-4-6-14(25-2)7-5-13/h4-8,10,17-19,23-24H,3,9,11-12H2,1-2H3. The molecular formula is C19H25N3O4. The molecule has 7 nitrogen and oxygen atoms in total. The summed E-state index contributed by atoms with van der Waals surface area (Å²) >= 11 is 0. The number of dihydropyridines is 1. The number of aliphatic hydroxyl groups excluding tert-OH is 2. The van der Waals surface area contributed by atoms with Crippen LogP contribution < -0.4 is 4.74 Å². The van der Waals surface area contributed by atoms with Crippen molar-refractivity contribution in [1.82, 2.24) is 5.01 Å². The lowest BCUT2D eigenvalue weighted by atomic mass is 9.88. The minimum atomic E-state index is -0.996. The van der Waals surface area contributed by atoms with Crippen molar-refractivity contribution in [2.24, 2.45) is 16.0 Å². The van der Waals surface area contributed by atoms with Crippen molar-refractivity contribution < 1.29 is 19.7 Å². The molecule has 3 atom stereocenters. The van der Waals surface area contributed by atoms with E-state index in [4.69, 9.17) is 14.6 Å². The zero-order valence-corrected chi connectivity index (χ0v) is 15.1. The molecular weight excluding hydrogens is 334 g/mol. The van der Waals surface area contributed by atoms with Gasteiger partial charge in [-0.05, 0) is 36.3 Å². The lowest BCUT2D eigenvalue weighted by molar-refractivity contribution is -0.0725. The van der Waals surface area contributed by atoms with E-state index in [1.807, 2.05) is 36.2 Å². The van der Waals surface area contributed by atoms with E-state index in [2.05, 4.69) is 4.99 Å². The second kappa shape index (κ2) is 8.44. The van der Waals surface area contributed by atoms with Gasteiger partial charge in [0.15, 0.2) is 6.29 Å². The summed E-state index contributed by atoms with van der Waals surface area (Å²) in [7, 11) is 1.64. The summed E-state index contributed by atoms with van der Waals surface area (Å²) in [6, 6.07) is 7.81. The van der Waals surface area contributed by atoms with E-state index in [-0.39, 0.29) is 18.7 Å². The molecule has 2 N–H and O–H groups in total. The van der Waals surface area contributed by atoms with Gasteiger partial charge in [-0.15, -0.1) is 0 Å². The van der Waals surface area contributed by atoms with E-state index in [9.17, 15) is 10.2 Å². The van der Waals surface area contributed by atoms with Crippen LogP contribution in [0.25, 0.3) is 0 Å². The van der Waals surface area contributed by atoms with Gasteiger partial charge >= 0.3 is 0 Å². The van der Waals surface area contributed by atoms with Gasteiger partial charge in [0.1, 0.15) is 11.9 Å². The van der Waals surface area contributed by atoms with Gasteiger partial charge < -0.3 is 19.7 Å². The Morgan fingerprint density at radius 3 is 2.69 bits per heavy atom. The number of hydrogen-bond donors (Lipinski definition) is 2. The van der Waals surface area contributed by atoms with Crippen molar-refractivity contribution in [2.75, 3.05) is 20.3 Å². The maximum Gasteiger partial charge on any atom is 0.178 e. The summed E-state index contributed by atoms with van der Waals surface area (Å²) < 4.78 is 10.6. The van der Waals surface area contributed by atoms with Crippen LogP contribution in [0.4, 0.5) is 0 Å². The Morgan fingerprint density at radius 2 is 2.04 bits per heavy atom. The molecule has 0 radical (unpaired) electrons. The number of allylic oxidation sites excluding steroid dienone is 1. The molecule has 3 rings (SSSR count). The minimum absolute atomic E-state index is 0.000152. The maximum atomic E-state index is 10.3. The molecule has 0 spiro atoms. The van der Waals surface area contributed by atoms with E-state index in [0.29, 0.717) is 19.6 Å². The summed E-state index contributed by atoms with van der Waals surface area (Å²) in [5.74, 6) is 0.616. The molecule has 2 heterocycles. The van der Waals surface area contributed by atoms with Crippen molar-refractivity contribution in [1.29, 1.82) is 0 Å². The topological polar surface area (TPSA) is 86.9 Å². The summed E-state index contributed by atoms with van der Waals surface area (Å²) in [6.45, 7) is 2.83. The first-order chi connectivity index (χ1) is 12.7. The average molecular weight is 359 g/mol. The fraction of sp³-hybridized carbons (Fsp3) is 0.474. The smallest absolute Gasteiger partial charge is 0.178 e. The first kappa shape index (κ1) is 18.6. The van der Waals surface area contributed by atoms with Crippen molar-refractivity contribution in [2.45, 2.75) is 32.3 Å². The highest BCUT2D eigenvalue weighted by atomic mass is 16.6. The van der Waals surface area contributed by atoms with Gasteiger partial charge in [-0.25, -0.2) is 0 Å². The number of nitrogens with zero attached hydrogens (tertiary/aromatic N) is 3. The van der Waals surface area contributed by atoms with Gasteiger partial charge in [-0.1, -0.05) is 12.1 Å². The molecule has 1 aromatic rings. The summed E-state index contributed by atoms with van der Waals surface area (Å²) in [6.07, 6.45) is 2.67.